The number of hydrogen-bond donors (Lipinski definition) is 1. The quantitative estimate of drug-likeness (QED) is 0.805. The SMILES string of the molecule is COc1ccccc1N(CCCN)CCc1ccnn1C. The summed E-state index contributed by atoms with van der Waals surface area (Å²) in [5.41, 5.74) is 8.01. The van der Waals surface area contributed by atoms with Gasteiger partial charge in [-0.25, -0.2) is 0 Å². The van der Waals surface area contributed by atoms with Crippen LogP contribution in [0.2, 0.25) is 0 Å². The number of rotatable bonds is 8. The van der Waals surface area contributed by atoms with Crippen LogP contribution in [-0.4, -0.2) is 36.5 Å². The highest BCUT2D eigenvalue weighted by Crippen LogP contribution is 2.27. The van der Waals surface area contributed by atoms with E-state index in [0.29, 0.717) is 6.54 Å². The van der Waals surface area contributed by atoms with E-state index in [4.69, 9.17) is 10.5 Å². The number of benzene rings is 1. The number of ether oxygens (including phenoxy) is 1. The first kappa shape index (κ1) is 15.4. The molecule has 2 aromatic rings. The summed E-state index contributed by atoms with van der Waals surface area (Å²) < 4.78 is 7.40. The maximum atomic E-state index is 5.67. The summed E-state index contributed by atoms with van der Waals surface area (Å²) in [6.07, 6.45) is 3.74. The highest BCUT2D eigenvalue weighted by Gasteiger charge is 2.12. The zero-order chi connectivity index (χ0) is 15.1. The van der Waals surface area contributed by atoms with E-state index in [-0.39, 0.29) is 0 Å². The Morgan fingerprint density at radius 3 is 2.71 bits per heavy atom. The second-order valence-corrected chi connectivity index (χ2v) is 5.00. The zero-order valence-corrected chi connectivity index (χ0v) is 12.8. The topological polar surface area (TPSA) is 56.3 Å². The van der Waals surface area contributed by atoms with Crippen LogP contribution in [0.3, 0.4) is 0 Å². The minimum Gasteiger partial charge on any atom is -0.495 e. The molecule has 0 atom stereocenters. The van der Waals surface area contributed by atoms with Crippen molar-refractivity contribution in [2.45, 2.75) is 12.8 Å². The van der Waals surface area contributed by atoms with Crippen molar-refractivity contribution in [1.82, 2.24) is 9.78 Å². The van der Waals surface area contributed by atoms with Crippen LogP contribution in [0.1, 0.15) is 12.1 Å². The van der Waals surface area contributed by atoms with Crippen molar-refractivity contribution in [3.8, 4) is 5.75 Å². The summed E-state index contributed by atoms with van der Waals surface area (Å²) in [6, 6.07) is 10.2. The Morgan fingerprint density at radius 2 is 2.05 bits per heavy atom. The number of anilines is 1. The third kappa shape index (κ3) is 3.98. The van der Waals surface area contributed by atoms with E-state index >= 15 is 0 Å². The lowest BCUT2D eigenvalue weighted by Crippen LogP contribution is -2.29. The van der Waals surface area contributed by atoms with Gasteiger partial charge in [0.25, 0.3) is 0 Å². The molecule has 1 aromatic heterocycles. The van der Waals surface area contributed by atoms with Crippen molar-refractivity contribution in [1.29, 1.82) is 0 Å². The van der Waals surface area contributed by atoms with Gasteiger partial charge >= 0.3 is 0 Å². The molecule has 0 bridgehead atoms. The van der Waals surface area contributed by atoms with Crippen LogP contribution >= 0.6 is 0 Å². The molecule has 0 saturated heterocycles. The average Bonchev–Trinajstić information content (AvgIpc) is 2.93. The fourth-order valence-electron chi connectivity index (χ4n) is 2.42. The molecule has 2 rings (SSSR count). The Balaban J connectivity index is 2.12. The van der Waals surface area contributed by atoms with Crippen LogP contribution in [0, 0.1) is 0 Å². The summed E-state index contributed by atoms with van der Waals surface area (Å²) in [6.45, 7) is 2.53. The van der Waals surface area contributed by atoms with Crippen molar-refractivity contribution >= 4 is 5.69 Å². The number of nitrogens with two attached hydrogens (primary N) is 1. The van der Waals surface area contributed by atoms with E-state index in [9.17, 15) is 0 Å². The standard InChI is InChI=1S/C16H24N4O/c1-19-14(8-11-18-19)9-13-20(12-5-10-17)15-6-3-4-7-16(15)21-2/h3-4,6-8,11H,5,9-10,12-13,17H2,1-2H3. The molecule has 1 aromatic carbocycles. The molecule has 114 valence electrons. The molecule has 5 heteroatoms. The van der Waals surface area contributed by atoms with Crippen molar-refractivity contribution in [2.24, 2.45) is 12.8 Å². The number of aryl methyl sites for hydroxylation is 1. The van der Waals surface area contributed by atoms with Gasteiger partial charge in [0, 0.05) is 38.4 Å². The predicted molar refractivity (Wildman–Crippen MR) is 85.8 cm³/mol. The van der Waals surface area contributed by atoms with Crippen LogP contribution in [0.5, 0.6) is 5.75 Å². The lowest BCUT2D eigenvalue weighted by Gasteiger charge is -2.26. The Hall–Kier alpha value is -2.01. The third-order valence-electron chi connectivity index (χ3n) is 3.62. The molecular weight excluding hydrogens is 264 g/mol. The highest BCUT2D eigenvalue weighted by molar-refractivity contribution is 5.58. The van der Waals surface area contributed by atoms with Gasteiger partial charge in [0.2, 0.25) is 0 Å². The molecule has 0 radical (unpaired) electrons. The molecule has 0 unspecified atom stereocenters. The Labute approximate surface area is 126 Å². The summed E-state index contributed by atoms with van der Waals surface area (Å²) in [5, 5.41) is 4.22. The van der Waals surface area contributed by atoms with Gasteiger partial charge in [-0.05, 0) is 31.2 Å². The summed E-state index contributed by atoms with van der Waals surface area (Å²) in [7, 11) is 3.68. The normalized spacial score (nSPS) is 10.6. The molecular formula is C16H24N4O. The molecule has 0 spiro atoms. The van der Waals surface area contributed by atoms with Gasteiger partial charge in [0.1, 0.15) is 5.75 Å². The molecule has 0 amide bonds. The fourth-order valence-corrected chi connectivity index (χ4v) is 2.42. The van der Waals surface area contributed by atoms with Crippen molar-refractivity contribution in [3.63, 3.8) is 0 Å². The second kappa shape index (κ2) is 7.69. The van der Waals surface area contributed by atoms with Gasteiger partial charge in [-0.3, -0.25) is 4.68 Å². The second-order valence-electron chi connectivity index (χ2n) is 5.00. The Kier molecular flexibility index (Phi) is 5.63. The number of hydrogen-bond acceptors (Lipinski definition) is 4. The molecule has 2 N–H and O–H groups in total. The first-order chi connectivity index (χ1) is 10.3. The van der Waals surface area contributed by atoms with Gasteiger partial charge in [0.05, 0.1) is 12.8 Å². The number of nitrogens with zero attached hydrogens (tertiary/aromatic N) is 3. The lowest BCUT2D eigenvalue weighted by molar-refractivity contribution is 0.414. The van der Waals surface area contributed by atoms with E-state index in [1.54, 1.807) is 7.11 Å². The molecule has 21 heavy (non-hydrogen) atoms. The van der Waals surface area contributed by atoms with Crippen LogP contribution in [0.25, 0.3) is 0 Å². The summed E-state index contributed by atoms with van der Waals surface area (Å²) >= 11 is 0. The maximum Gasteiger partial charge on any atom is 0.142 e. The van der Waals surface area contributed by atoms with E-state index in [0.717, 1.165) is 37.4 Å². The zero-order valence-electron chi connectivity index (χ0n) is 12.8. The predicted octanol–water partition coefficient (Wildman–Crippen LogP) is 1.83. The van der Waals surface area contributed by atoms with E-state index in [1.807, 2.05) is 36.1 Å². The monoisotopic (exact) mass is 288 g/mol. The molecule has 0 fully saturated rings. The smallest absolute Gasteiger partial charge is 0.142 e. The largest absolute Gasteiger partial charge is 0.495 e. The van der Waals surface area contributed by atoms with Crippen LogP contribution in [-0.2, 0) is 13.5 Å². The van der Waals surface area contributed by atoms with Gasteiger partial charge < -0.3 is 15.4 Å². The van der Waals surface area contributed by atoms with E-state index in [1.165, 1.54) is 5.69 Å². The van der Waals surface area contributed by atoms with Gasteiger partial charge in [-0.15, -0.1) is 0 Å². The number of aromatic nitrogens is 2. The van der Waals surface area contributed by atoms with Crippen molar-refractivity contribution < 1.29 is 4.74 Å². The third-order valence-corrected chi connectivity index (χ3v) is 3.62. The molecule has 1 heterocycles. The summed E-state index contributed by atoms with van der Waals surface area (Å²) in [5.74, 6) is 0.902. The molecule has 0 saturated carbocycles. The number of para-hydroxylation sites is 2. The van der Waals surface area contributed by atoms with Gasteiger partial charge in [0.15, 0.2) is 0 Å². The first-order valence-electron chi connectivity index (χ1n) is 7.31. The first-order valence-corrected chi connectivity index (χ1v) is 7.31. The lowest BCUT2D eigenvalue weighted by atomic mass is 10.2. The van der Waals surface area contributed by atoms with Crippen molar-refractivity contribution in [3.05, 3.63) is 42.2 Å². The van der Waals surface area contributed by atoms with Crippen LogP contribution in [0.4, 0.5) is 5.69 Å². The van der Waals surface area contributed by atoms with E-state index < -0.39 is 0 Å². The minimum absolute atomic E-state index is 0.692. The van der Waals surface area contributed by atoms with Crippen LogP contribution < -0.4 is 15.4 Å². The fraction of sp³-hybridized carbons (Fsp3) is 0.438. The average molecular weight is 288 g/mol. The molecule has 0 aliphatic carbocycles. The van der Waals surface area contributed by atoms with Gasteiger partial charge in [-0.1, -0.05) is 12.1 Å². The Bertz CT molecular complexity index is 553. The van der Waals surface area contributed by atoms with Crippen LogP contribution in [0.15, 0.2) is 36.5 Å². The van der Waals surface area contributed by atoms with Crippen molar-refractivity contribution in [2.75, 3.05) is 31.6 Å². The summed E-state index contributed by atoms with van der Waals surface area (Å²) in [4.78, 5) is 2.33. The highest BCUT2D eigenvalue weighted by atomic mass is 16.5. The molecule has 5 nitrogen and oxygen atoms in total. The number of methoxy groups -OCH3 is 1. The minimum atomic E-state index is 0.692. The molecule has 0 aliphatic heterocycles. The van der Waals surface area contributed by atoms with E-state index in [2.05, 4.69) is 22.1 Å². The Morgan fingerprint density at radius 1 is 1.24 bits per heavy atom. The van der Waals surface area contributed by atoms with Gasteiger partial charge in [-0.2, -0.15) is 5.10 Å². The molecule has 0 aliphatic rings. The maximum absolute atomic E-state index is 5.67.